The molecule has 2 heterocycles. The van der Waals surface area contributed by atoms with Crippen LogP contribution in [0.5, 0.6) is 5.75 Å². The maximum atomic E-state index is 5.81. The fourth-order valence-corrected chi connectivity index (χ4v) is 2.12. The number of ether oxygens (including phenoxy) is 1. The molecular weight excluding hydrogens is 250 g/mol. The number of nitrogens with zero attached hydrogens (tertiary/aromatic N) is 3. The molecule has 0 aliphatic rings. The van der Waals surface area contributed by atoms with Crippen molar-refractivity contribution in [2.75, 3.05) is 0 Å². The summed E-state index contributed by atoms with van der Waals surface area (Å²) in [6.07, 6.45) is 5.48. The lowest BCUT2D eigenvalue weighted by Gasteiger charge is -2.07. The molecule has 0 N–H and O–H groups in total. The van der Waals surface area contributed by atoms with Gasteiger partial charge in [-0.2, -0.15) is 5.10 Å². The average molecular weight is 267 g/mol. The molecule has 0 bridgehead atoms. The van der Waals surface area contributed by atoms with Crippen molar-refractivity contribution in [3.63, 3.8) is 0 Å². The Morgan fingerprint density at radius 1 is 1.20 bits per heavy atom. The minimum absolute atomic E-state index is 0.339. The SMILES string of the molecule is CC(C)n1cc(OCc2cccc3cccnc23)cn1. The van der Waals surface area contributed by atoms with Gasteiger partial charge < -0.3 is 4.74 Å². The molecule has 0 aliphatic heterocycles. The van der Waals surface area contributed by atoms with Gasteiger partial charge in [-0.05, 0) is 19.9 Å². The molecule has 0 aliphatic carbocycles. The van der Waals surface area contributed by atoms with Gasteiger partial charge in [0, 0.05) is 23.2 Å². The van der Waals surface area contributed by atoms with E-state index in [0.717, 1.165) is 22.2 Å². The number of pyridine rings is 1. The fraction of sp³-hybridized carbons (Fsp3) is 0.250. The maximum absolute atomic E-state index is 5.81. The van der Waals surface area contributed by atoms with Crippen molar-refractivity contribution < 1.29 is 4.74 Å². The van der Waals surface area contributed by atoms with Gasteiger partial charge in [0.1, 0.15) is 6.61 Å². The molecule has 0 saturated heterocycles. The Morgan fingerprint density at radius 3 is 2.85 bits per heavy atom. The van der Waals surface area contributed by atoms with Gasteiger partial charge in [0.15, 0.2) is 5.75 Å². The summed E-state index contributed by atoms with van der Waals surface area (Å²) in [6, 6.07) is 10.5. The number of fused-ring (bicyclic) bond motifs is 1. The molecule has 0 unspecified atom stereocenters. The summed E-state index contributed by atoms with van der Waals surface area (Å²) in [5.41, 5.74) is 2.08. The first-order valence-electron chi connectivity index (χ1n) is 6.73. The van der Waals surface area contributed by atoms with E-state index in [-0.39, 0.29) is 0 Å². The van der Waals surface area contributed by atoms with Crippen LogP contribution in [0.15, 0.2) is 48.9 Å². The molecule has 2 aromatic heterocycles. The molecule has 1 aromatic carbocycles. The molecule has 3 aromatic rings. The van der Waals surface area contributed by atoms with Crippen molar-refractivity contribution in [1.29, 1.82) is 0 Å². The lowest BCUT2D eigenvalue weighted by atomic mass is 10.1. The molecule has 0 fully saturated rings. The molecule has 4 heteroatoms. The zero-order valence-corrected chi connectivity index (χ0v) is 11.7. The highest BCUT2D eigenvalue weighted by Crippen LogP contribution is 2.19. The standard InChI is InChI=1S/C16H17N3O/c1-12(2)19-10-15(9-18-19)20-11-14-6-3-5-13-7-4-8-17-16(13)14/h3-10,12H,11H2,1-2H3. The third-order valence-corrected chi connectivity index (χ3v) is 3.22. The van der Waals surface area contributed by atoms with Gasteiger partial charge in [0.05, 0.1) is 17.9 Å². The summed E-state index contributed by atoms with van der Waals surface area (Å²) < 4.78 is 7.69. The lowest BCUT2D eigenvalue weighted by Crippen LogP contribution is -2.00. The van der Waals surface area contributed by atoms with Crippen LogP contribution in [0.3, 0.4) is 0 Å². The van der Waals surface area contributed by atoms with E-state index in [1.165, 1.54) is 0 Å². The van der Waals surface area contributed by atoms with E-state index < -0.39 is 0 Å². The summed E-state index contributed by atoms with van der Waals surface area (Å²) >= 11 is 0. The molecule has 0 radical (unpaired) electrons. The largest absolute Gasteiger partial charge is 0.486 e. The minimum atomic E-state index is 0.339. The number of hydrogen-bond acceptors (Lipinski definition) is 3. The van der Waals surface area contributed by atoms with Crippen LogP contribution >= 0.6 is 0 Å². The number of para-hydroxylation sites is 1. The Kier molecular flexibility index (Phi) is 3.37. The van der Waals surface area contributed by atoms with Crippen molar-refractivity contribution in [2.24, 2.45) is 0 Å². The normalized spacial score (nSPS) is 11.2. The Bertz CT molecular complexity index is 713. The molecule has 0 atom stereocenters. The first-order chi connectivity index (χ1) is 9.74. The Morgan fingerprint density at radius 2 is 2.05 bits per heavy atom. The van der Waals surface area contributed by atoms with Gasteiger partial charge in [-0.25, -0.2) is 0 Å². The van der Waals surface area contributed by atoms with Crippen molar-refractivity contribution in [1.82, 2.24) is 14.8 Å². The summed E-state index contributed by atoms with van der Waals surface area (Å²) in [5.74, 6) is 0.784. The van der Waals surface area contributed by atoms with Gasteiger partial charge in [-0.15, -0.1) is 0 Å². The number of benzene rings is 1. The van der Waals surface area contributed by atoms with Crippen molar-refractivity contribution in [2.45, 2.75) is 26.5 Å². The van der Waals surface area contributed by atoms with E-state index in [1.807, 2.05) is 35.3 Å². The van der Waals surface area contributed by atoms with Crippen molar-refractivity contribution >= 4 is 10.9 Å². The van der Waals surface area contributed by atoms with E-state index in [4.69, 9.17) is 4.74 Å². The summed E-state index contributed by atoms with van der Waals surface area (Å²) in [4.78, 5) is 4.43. The van der Waals surface area contributed by atoms with E-state index in [1.54, 1.807) is 6.20 Å². The highest BCUT2D eigenvalue weighted by atomic mass is 16.5. The monoisotopic (exact) mass is 267 g/mol. The molecular formula is C16H17N3O. The van der Waals surface area contributed by atoms with Gasteiger partial charge in [-0.3, -0.25) is 9.67 Å². The van der Waals surface area contributed by atoms with E-state index in [9.17, 15) is 0 Å². The van der Waals surface area contributed by atoms with E-state index >= 15 is 0 Å². The quantitative estimate of drug-likeness (QED) is 0.725. The Hall–Kier alpha value is -2.36. The fourth-order valence-electron chi connectivity index (χ4n) is 2.12. The molecule has 0 amide bonds. The zero-order chi connectivity index (χ0) is 13.9. The molecule has 102 valence electrons. The van der Waals surface area contributed by atoms with Crippen LogP contribution in [0.2, 0.25) is 0 Å². The van der Waals surface area contributed by atoms with Crippen LogP contribution in [-0.4, -0.2) is 14.8 Å². The number of aromatic nitrogens is 3. The number of rotatable bonds is 4. The minimum Gasteiger partial charge on any atom is -0.486 e. The molecule has 20 heavy (non-hydrogen) atoms. The Labute approximate surface area is 118 Å². The highest BCUT2D eigenvalue weighted by Gasteiger charge is 2.05. The smallest absolute Gasteiger partial charge is 0.157 e. The van der Waals surface area contributed by atoms with Crippen molar-refractivity contribution in [3.05, 3.63) is 54.5 Å². The topological polar surface area (TPSA) is 39.9 Å². The number of hydrogen-bond donors (Lipinski definition) is 0. The van der Waals surface area contributed by atoms with Gasteiger partial charge >= 0.3 is 0 Å². The van der Waals surface area contributed by atoms with Crippen molar-refractivity contribution in [3.8, 4) is 5.75 Å². The molecule has 0 spiro atoms. The summed E-state index contributed by atoms with van der Waals surface area (Å²) in [5, 5.41) is 5.40. The average Bonchev–Trinajstić information content (AvgIpc) is 2.94. The van der Waals surface area contributed by atoms with Crippen LogP contribution in [0.1, 0.15) is 25.5 Å². The van der Waals surface area contributed by atoms with Crippen LogP contribution < -0.4 is 4.74 Å². The predicted molar refractivity (Wildman–Crippen MR) is 78.7 cm³/mol. The third kappa shape index (κ3) is 2.50. The first kappa shape index (κ1) is 12.7. The van der Waals surface area contributed by atoms with E-state index in [2.05, 4.69) is 36.1 Å². The van der Waals surface area contributed by atoms with Gasteiger partial charge in [0.2, 0.25) is 0 Å². The van der Waals surface area contributed by atoms with Crippen LogP contribution in [0.4, 0.5) is 0 Å². The maximum Gasteiger partial charge on any atom is 0.157 e. The zero-order valence-electron chi connectivity index (χ0n) is 11.7. The Balaban J connectivity index is 1.79. The molecule has 0 saturated carbocycles. The second kappa shape index (κ2) is 5.33. The van der Waals surface area contributed by atoms with E-state index in [0.29, 0.717) is 12.6 Å². The summed E-state index contributed by atoms with van der Waals surface area (Å²) in [7, 11) is 0. The summed E-state index contributed by atoms with van der Waals surface area (Å²) in [6.45, 7) is 4.68. The highest BCUT2D eigenvalue weighted by molar-refractivity contribution is 5.81. The molecule has 3 rings (SSSR count). The second-order valence-electron chi connectivity index (χ2n) is 5.03. The molecule has 4 nitrogen and oxygen atoms in total. The van der Waals surface area contributed by atoms with Crippen LogP contribution in [0, 0.1) is 0 Å². The third-order valence-electron chi connectivity index (χ3n) is 3.22. The first-order valence-corrected chi connectivity index (χ1v) is 6.73. The van der Waals surface area contributed by atoms with Crippen LogP contribution in [-0.2, 0) is 6.61 Å². The lowest BCUT2D eigenvalue weighted by molar-refractivity contribution is 0.306. The van der Waals surface area contributed by atoms with Gasteiger partial charge in [-0.1, -0.05) is 24.3 Å². The second-order valence-corrected chi connectivity index (χ2v) is 5.03. The predicted octanol–water partition coefficient (Wildman–Crippen LogP) is 3.59. The van der Waals surface area contributed by atoms with Crippen LogP contribution in [0.25, 0.3) is 10.9 Å². The van der Waals surface area contributed by atoms with Gasteiger partial charge in [0.25, 0.3) is 0 Å².